The number of anilines is 1. The number of hydrogen-bond acceptors (Lipinski definition) is 7. The Bertz CT molecular complexity index is 1370. The van der Waals surface area contributed by atoms with Crippen molar-refractivity contribution in [1.29, 1.82) is 0 Å². The van der Waals surface area contributed by atoms with Gasteiger partial charge >= 0.3 is 0 Å². The Balaban J connectivity index is 1.29. The lowest BCUT2D eigenvalue weighted by Gasteiger charge is -2.28. The highest BCUT2D eigenvalue weighted by atomic mass is 32.2. The summed E-state index contributed by atoms with van der Waals surface area (Å²) in [5, 5.41) is 2.93. The Kier molecular flexibility index (Phi) is 7.28. The summed E-state index contributed by atoms with van der Waals surface area (Å²) in [6.07, 6.45) is 2.64. The largest absolute Gasteiger partial charge is 0.399 e. The Morgan fingerprint density at radius 2 is 1.86 bits per heavy atom. The van der Waals surface area contributed by atoms with Crippen LogP contribution in [0.25, 0.3) is 0 Å². The molecule has 8 nitrogen and oxygen atoms in total. The number of rotatable bonds is 8. The first kappa shape index (κ1) is 25.4. The lowest BCUT2D eigenvalue weighted by atomic mass is 9.95. The van der Waals surface area contributed by atoms with Crippen LogP contribution >= 0.6 is 0 Å². The predicted octanol–water partition coefficient (Wildman–Crippen LogP) is 3.48. The van der Waals surface area contributed by atoms with Crippen molar-refractivity contribution >= 4 is 21.4 Å². The van der Waals surface area contributed by atoms with Crippen LogP contribution in [-0.4, -0.2) is 43.2 Å². The van der Waals surface area contributed by atoms with Gasteiger partial charge in [0.15, 0.2) is 9.84 Å². The molecule has 2 aliphatic rings. The first-order valence-corrected chi connectivity index (χ1v) is 14.2. The van der Waals surface area contributed by atoms with Gasteiger partial charge in [0.25, 0.3) is 5.91 Å². The second-order valence-electron chi connectivity index (χ2n) is 9.71. The molecule has 9 heteroatoms. The zero-order valence-corrected chi connectivity index (χ0v) is 21.7. The van der Waals surface area contributed by atoms with Gasteiger partial charge in [0.1, 0.15) is 0 Å². The average Bonchev–Trinajstić information content (AvgIpc) is 3.56. The van der Waals surface area contributed by atoms with Gasteiger partial charge in [0.2, 0.25) is 0 Å². The van der Waals surface area contributed by atoms with Crippen molar-refractivity contribution in [3.05, 3.63) is 88.7 Å². The molecule has 3 aromatic rings. The van der Waals surface area contributed by atoms with E-state index >= 15 is 0 Å². The van der Waals surface area contributed by atoms with E-state index in [1.165, 1.54) is 5.56 Å². The van der Waals surface area contributed by atoms with Crippen LogP contribution < -0.4 is 11.1 Å². The molecule has 0 bridgehead atoms. The number of fused-ring (bicyclic) bond motifs is 1. The van der Waals surface area contributed by atoms with E-state index in [0.717, 1.165) is 42.1 Å². The lowest BCUT2D eigenvalue weighted by molar-refractivity contribution is 0.0950. The van der Waals surface area contributed by atoms with Crippen molar-refractivity contribution < 1.29 is 17.9 Å². The van der Waals surface area contributed by atoms with E-state index in [9.17, 15) is 13.2 Å². The molecule has 0 radical (unpaired) electrons. The molecule has 0 spiro atoms. The number of aromatic nitrogens is 1. The molecule has 0 unspecified atom stereocenters. The van der Waals surface area contributed by atoms with Crippen molar-refractivity contribution in [3.8, 4) is 0 Å². The average molecular weight is 521 g/mol. The number of benzene rings is 2. The summed E-state index contributed by atoms with van der Waals surface area (Å²) in [5.74, 6) is 0.209. The van der Waals surface area contributed by atoms with Crippen LogP contribution in [0.5, 0.6) is 0 Å². The van der Waals surface area contributed by atoms with Crippen LogP contribution in [-0.2, 0) is 34.2 Å². The fraction of sp³-hybridized carbons (Fsp3) is 0.357. The molecule has 0 saturated carbocycles. The second-order valence-corrected chi connectivity index (χ2v) is 12.0. The standard InChI is InChI=1S/C28H32N4O4S/c1-2-37(34,35)25-9-5-19(6-10-25)14-31-28(33)22-13-23-17-32(16-20-3-7-24(29)8-4-20)27(26(23)30-15-22)21-11-12-36-18-21/h3-10,13,15,21,27H,2,11-12,14,16-18,29H2,1H3,(H,31,33)/t21-,27-/m0/s1. The molecule has 1 aromatic heterocycles. The summed E-state index contributed by atoms with van der Waals surface area (Å²) in [7, 11) is -3.25. The molecule has 1 fully saturated rings. The fourth-order valence-corrected chi connectivity index (χ4v) is 6.01. The van der Waals surface area contributed by atoms with Crippen LogP contribution in [0.3, 0.4) is 0 Å². The van der Waals surface area contributed by atoms with Crippen molar-refractivity contribution in [1.82, 2.24) is 15.2 Å². The van der Waals surface area contributed by atoms with E-state index in [-0.39, 0.29) is 17.7 Å². The van der Waals surface area contributed by atoms with Gasteiger partial charge in [-0.05, 0) is 53.4 Å². The highest BCUT2D eigenvalue weighted by Gasteiger charge is 2.39. The van der Waals surface area contributed by atoms with Gasteiger partial charge in [-0.2, -0.15) is 0 Å². The molecule has 3 N–H and O–H groups in total. The zero-order valence-electron chi connectivity index (χ0n) is 20.9. The monoisotopic (exact) mass is 520 g/mol. The third-order valence-corrected chi connectivity index (χ3v) is 8.95. The van der Waals surface area contributed by atoms with Gasteiger partial charge in [0.05, 0.1) is 34.6 Å². The van der Waals surface area contributed by atoms with Crippen molar-refractivity contribution in [3.63, 3.8) is 0 Å². The number of nitrogen functional groups attached to an aromatic ring is 1. The summed E-state index contributed by atoms with van der Waals surface area (Å²) >= 11 is 0. The predicted molar refractivity (Wildman–Crippen MR) is 141 cm³/mol. The van der Waals surface area contributed by atoms with Crippen LogP contribution in [0, 0.1) is 5.92 Å². The maximum absolute atomic E-state index is 12.9. The SMILES string of the molecule is CCS(=O)(=O)c1ccc(CNC(=O)c2cnc3c(c2)CN(Cc2ccc(N)cc2)[C@H]3[C@H]2CCOC2)cc1. The summed E-state index contributed by atoms with van der Waals surface area (Å²) < 4.78 is 29.7. The van der Waals surface area contributed by atoms with Gasteiger partial charge < -0.3 is 15.8 Å². The minimum atomic E-state index is -3.25. The third kappa shape index (κ3) is 5.53. The summed E-state index contributed by atoms with van der Waals surface area (Å²) in [5.41, 5.74) is 11.2. The first-order chi connectivity index (χ1) is 17.8. The van der Waals surface area contributed by atoms with Gasteiger partial charge in [-0.25, -0.2) is 8.42 Å². The van der Waals surface area contributed by atoms with E-state index in [1.807, 2.05) is 18.2 Å². The van der Waals surface area contributed by atoms with Gasteiger partial charge in [-0.3, -0.25) is 14.7 Å². The Morgan fingerprint density at radius 1 is 1.14 bits per heavy atom. The molecule has 1 saturated heterocycles. The molecule has 1 amide bonds. The van der Waals surface area contributed by atoms with E-state index in [2.05, 4.69) is 22.3 Å². The number of nitrogens with zero attached hydrogens (tertiary/aromatic N) is 2. The molecule has 5 rings (SSSR count). The van der Waals surface area contributed by atoms with Gasteiger partial charge in [0, 0.05) is 44.0 Å². The zero-order chi connectivity index (χ0) is 26.0. The number of nitrogens with one attached hydrogen (secondary N) is 1. The van der Waals surface area contributed by atoms with E-state index in [1.54, 1.807) is 37.4 Å². The molecule has 37 heavy (non-hydrogen) atoms. The smallest absolute Gasteiger partial charge is 0.253 e. The number of amides is 1. The van der Waals surface area contributed by atoms with Crippen LogP contribution in [0.15, 0.2) is 65.7 Å². The topological polar surface area (TPSA) is 115 Å². The van der Waals surface area contributed by atoms with Gasteiger partial charge in [-0.1, -0.05) is 31.2 Å². The van der Waals surface area contributed by atoms with E-state index < -0.39 is 9.84 Å². The number of carbonyl (C=O) groups is 1. The third-order valence-electron chi connectivity index (χ3n) is 7.20. The molecule has 2 aliphatic heterocycles. The highest BCUT2D eigenvalue weighted by molar-refractivity contribution is 7.91. The minimum absolute atomic E-state index is 0.0560. The number of hydrogen-bond donors (Lipinski definition) is 2. The molecular weight excluding hydrogens is 488 g/mol. The molecule has 2 atom stereocenters. The molecule has 0 aliphatic carbocycles. The lowest BCUT2D eigenvalue weighted by Crippen LogP contribution is -2.28. The maximum Gasteiger partial charge on any atom is 0.253 e. The molecule has 194 valence electrons. The normalized spacial score (nSPS) is 19.6. The number of nitrogens with two attached hydrogens (primary N) is 1. The summed E-state index contributed by atoms with van der Waals surface area (Å²) in [4.78, 5) is 20.4. The quantitative estimate of drug-likeness (QED) is 0.437. The van der Waals surface area contributed by atoms with E-state index in [0.29, 0.717) is 36.1 Å². The molecule has 3 heterocycles. The highest BCUT2D eigenvalue weighted by Crippen LogP contribution is 2.41. The van der Waals surface area contributed by atoms with E-state index in [4.69, 9.17) is 15.5 Å². The summed E-state index contributed by atoms with van der Waals surface area (Å²) in [6, 6.07) is 16.7. The fourth-order valence-electron chi connectivity index (χ4n) is 5.13. The number of sulfone groups is 1. The Morgan fingerprint density at radius 3 is 2.54 bits per heavy atom. The number of pyridine rings is 1. The van der Waals surface area contributed by atoms with Crippen molar-refractivity contribution in [2.24, 2.45) is 5.92 Å². The first-order valence-electron chi connectivity index (χ1n) is 12.6. The van der Waals surface area contributed by atoms with Crippen molar-refractivity contribution in [2.75, 3.05) is 24.7 Å². The maximum atomic E-state index is 12.9. The van der Waals surface area contributed by atoms with Crippen LogP contribution in [0.4, 0.5) is 5.69 Å². The van der Waals surface area contributed by atoms with Crippen LogP contribution in [0.2, 0.25) is 0 Å². The minimum Gasteiger partial charge on any atom is -0.399 e. The summed E-state index contributed by atoms with van der Waals surface area (Å²) in [6.45, 7) is 4.87. The van der Waals surface area contributed by atoms with Crippen molar-refractivity contribution in [2.45, 2.75) is 43.9 Å². The number of ether oxygens (including phenoxy) is 1. The molecular formula is C28H32N4O4S. The van der Waals surface area contributed by atoms with Gasteiger partial charge in [-0.15, -0.1) is 0 Å². The number of carbonyl (C=O) groups excluding carboxylic acids is 1. The molecule has 2 aromatic carbocycles. The van der Waals surface area contributed by atoms with Crippen LogP contribution in [0.1, 0.15) is 52.1 Å². The Hall–Kier alpha value is -3.27. The second kappa shape index (κ2) is 10.6. The Labute approximate surface area is 217 Å².